The quantitative estimate of drug-likeness (QED) is 0.816. The molecule has 0 fully saturated rings. The van der Waals surface area contributed by atoms with Gasteiger partial charge in [-0.2, -0.15) is 0 Å². The van der Waals surface area contributed by atoms with Gasteiger partial charge in [-0.25, -0.2) is 4.98 Å². The predicted molar refractivity (Wildman–Crippen MR) is 57.6 cm³/mol. The Morgan fingerprint density at radius 1 is 1.64 bits per heavy atom. The first-order valence-corrected chi connectivity index (χ1v) is 5.51. The summed E-state index contributed by atoms with van der Waals surface area (Å²) in [5, 5.41) is 3.82. The number of aromatic nitrogens is 2. The van der Waals surface area contributed by atoms with Gasteiger partial charge in [0.1, 0.15) is 5.82 Å². The van der Waals surface area contributed by atoms with Gasteiger partial charge in [-0.1, -0.05) is 18.5 Å². The van der Waals surface area contributed by atoms with Gasteiger partial charge in [-0.15, -0.1) is 0 Å². The molecule has 1 N–H and O–H groups in total. The lowest BCUT2D eigenvalue weighted by Gasteiger charge is -2.22. The maximum atomic E-state index is 6.13. The molecule has 78 valence electrons. The Balaban J connectivity index is 2.41. The van der Waals surface area contributed by atoms with E-state index in [1.807, 2.05) is 7.05 Å². The molecule has 1 aliphatic heterocycles. The Morgan fingerprint density at radius 3 is 3.14 bits per heavy atom. The van der Waals surface area contributed by atoms with E-state index in [2.05, 4.69) is 21.8 Å². The summed E-state index contributed by atoms with van der Waals surface area (Å²) in [7, 11) is 1.93. The van der Waals surface area contributed by atoms with Crippen molar-refractivity contribution in [1.82, 2.24) is 14.9 Å². The van der Waals surface area contributed by atoms with Crippen molar-refractivity contribution in [2.75, 3.05) is 7.05 Å². The molecule has 1 unspecified atom stereocenters. The van der Waals surface area contributed by atoms with Gasteiger partial charge in [-0.3, -0.25) is 0 Å². The molecule has 4 heteroatoms. The van der Waals surface area contributed by atoms with E-state index in [1.165, 1.54) is 18.5 Å². The van der Waals surface area contributed by atoms with Crippen LogP contribution in [0.15, 0.2) is 0 Å². The highest BCUT2D eigenvalue weighted by Crippen LogP contribution is 2.32. The van der Waals surface area contributed by atoms with Crippen LogP contribution in [0, 0.1) is 0 Å². The average molecular weight is 214 g/mol. The smallest absolute Gasteiger partial charge is 0.150 e. The molecule has 0 aromatic carbocycles. The van der Waals surface area contributed by atoms with Crippen LogP contribution in [0.5, 0.6) is 0 Å². The Kier molecular flexibility index (Phi) is 2.79. The first-order chi connectivity index (χ1) is 6.74. The molecule has 0 bridgehead atoms. The zero-order valence-corrected chi connectivity index (χ0v) is 9.43. The fourth-order valence-corrected chi connectivity index (χ4v) is 2.57. The van der Waals surface area contributed by atoms with Gasteiger partial charge in [0.05, 0.1) is 12.2 Å². The lowest BCUT2D eigenvalue weighted by atomic mass is 9.99. The third-order valence-electron chi connectivity index (χ3n) is 2.86. The molecule has 1 aliphatic rings. The highest BCUT2D eigenvalue weighted by atomic mass is 35.5. The van der Waals surface area contributed by atoms with Crippen LogP contribution in [-0.2, 0) is 13.1 Å². The van der Waals surface area contributed by atoms with Gasteiger partial charge in [0, 0.05) is 6.54 Å². The van der Waals surface area contributed by atoms with Crippen LogP contribution < -0.4 is 5.32 Å². The Morgan fingerprint density at radius 2 is 2.43 bits per heavy atom. The third kappa shape index (κ3) is 1.55. The van der Waals surface area contributed by atoms with E-state index in [9.17, 15) is 0 Å². The molecule has 3 nitrogen and oxygen atoms in total. The first kappa shape index (κ1) is 9.99. The zero-order chi connectivity index (χ0) is 10.1. The molecular formula is C10H16ClN3. The standard InChI is InChI=1S/C10H16ClN3/c1-7-4-3-5-14-8(6-12-2)13-10(11)9(7)14/h7,12H,3-6H2,1-2H3. The second-order valence-electron chi connectivity index (χ2n) is 3.93. The molecule has 1 aromatic rings. The highest BCUT2D eigenvalue weighted by Gasteiger charge is 2.23. The molecule has 0 aliphatic carbocycles. The number of rotatable bonds is 2. The summed E-state index contributed by atoms with van der Waals surface area (Å²) in [6, 6.07) is 0. The van der Waals surface area contributed by atoms with E-state index in [1.54, 1.807) is 0 Å². The molecular weight excluding hydrogens is 198 g/mol. The van der Waals surface area contributed by atoms with Crippen molar-refractivity contribution < 1.29 is 0 Å². The average Bonchev–Trinajstić information content (AvgIpc) is 2.46. The Hall–Kier alpha value is -0.540. The number of nitrogens with one attached hydrogen (secondary N) is 1. The topological polar surface area (TPSA) is 29.9 Å². The third-order valence-corrected chi connectivity index (χ3v) is 3.14. The number of fused-ring (bicyclic) bond motifs is 1. The second kappa shape index (κ2) is 3.91. The van der Waals surface area contributed by atoms with Gasteiger partial charge >= 0.3 is 0 Å². The maximum Gasteiger partial charge on any atom is 0.150 e. The van der Waals surface area contributed by atoms with Gasteiger partial charge in [0.15, 0.2) is 5.15 Å². The van der Waals surface area contributed by atoms with Crippen molar-refractivity contribution in [3.8, 4) is 0 Å². The minimum absolute atomic E-state index is 0.550. The van der Waals surface area contributed by atoms with E-state index in [-0.39, 0.29) is 0 Å². The SMILES string of the molecule is CNCc1nc(Cl)c2n1CCCC2C. The Bertz CT molecular complexity index is 332. The fourth-order valence-electron chi connectivity index (χ4n) is 2.19. The highest BCUT2D eigenvalue weighted by molar-refractivity contribution is 6.30. The molecule has 2 rings (SSSR count). The fraction of sp³-hybridized carbons (Fsp3) is 0.700. The largest absolute Gasteiger partial charge is 0.329 e. The van der Waals surface area contributed by atoms with Gasteiger partial charge in [-0.05, 0) is 25.8 Å². The predicted octanol–water partition coefficient (Wildman–Crippen LogP) is 2.15. The van der Waals surface area contributed by atoms with Crippen LogP contribution in [0.1, 0.15) is 37.2 Å². The lowest BCUT2D eigenvalue weighted by Crippen LogP contribution is -2.18. The summed E-state index contributed by atoms with van der Waals surface area (Å²) in [4.78, 5) is 4.40. The van der Waals surface area contributed by atoms with Crippen LogP contribution in [0.3, 0.4) is 0 Å². The molecule has 1 aromatic heterocycles. The number of halogens is 1. The summed E-state index contributed by atoms with van der Waals surface area (Å²) in [6.45, 7) is 4.09. The minimum Gasteiger partial charge on any atom is -0.329 e. The van der Waals surface area contributed by atoms with Crippen LogP contribution in [0.4, 0.5) is 0 Å². The van der Waals surface area contributed by atoms with Crippen LogP contribution >= 0.6 is 11.6 Å². The summed E-state index contributed by atoms with van der Waals surface area (Å²) in [6.07, 6.45) is 2.46. The number of imidazole rings is 1. The van der Waals surface area contributed by atoms with Crippen molar-refractivity contribution in [2.45, 2.75) is 38.8 Å². The van der Waals surface area contributed by atoms with Crippen molar-refractivity contribution in [1.29, 1.82) is 0 Å². The molecule has 0 spiro atoms. The molecule has 2 heterocycles. The van der Waals surface area contributed by atoms with Crippen molar-refractivity contribution in [3.63, 3.8) is 0 Å². The lowest BCUT2D eigenvalue weighted by molar-refractivity contribution is 0.459. The number of hydrogen-bond acceptors (Lipinski definition) is 2. The second-order valence-corrected chi connectivity index (χ2v) is 4.29. The van der Waals surface area contributed by atoms with E-state index >= 15 is 0 Å². The molecule has 0 radical (unpaired) electrons. The van der Waals surface area contributed by atoms with Gasteiger partial charge < -0.3 is 9.88 Å². The summed E-state index contributed by atoms with van der Waals surface area (Å²) < 4.78 is 2.27. The van der Waals surface area contributed by atoms with Crippen LogP contribution in [0.25, 0.3) is 0 Å². The molecule has 14 heavy (non-hydrogen) atoms. The van der Waals surface area contributed by atoms with Gasteiger partial charge in [0.2, 0.25) is 0 Å². The first-order valence-electron chi connectivity index (χ1n) is 5.13. The van der Waals surface area contributed by atoms with E-state index in [4.69, 9.17) is 11.6 Å². The van der Waals surface area contributed by atoms with E-state index < -0.39 is 0 Å². The van der Waals surface area contributed by atoms with Crippen LogP contribution in [-0.4, -0.2) is 16.6 Å². The summed E-state index contributed by atoms with van der Waals surface area (Å²) >= 11 is 6.13. The van der Waals surface area contributed by atoms with Crippen molar-refractivity contribution in [3.05, 3.63) is 16.7 Å². The Labute approximate surface area is 89.5 Å². The zero-order valence-electron chi connectivity index (χ0n) is 8.68. The van der Waals surface area contributed by atoms with Crippen LogP contribution in [0.2, 0.25) is 5.15 Å². The van der Waals surface area contributed by atoms with E-state index in [0.29, 0.717) is 11.1 Å². The minimum atomic E-state index is 0.550. The number of hydrogen-bond donors (Lipinski definition) is 1. The maximum absolute atomic E-state index is 6.13. The monoisotopic (exact) mass is 213 g/mol. The van der Waals surface area contributed by atoms with E-state index in [0.717, 1.165) is 18.9 Å². The molecule has 0 amide bonds. The van der Waals surface area contributed by atoms with Gasteiger partial charge in [0.25, 0.3) is 0 Å². The normalized spacial score (nSPS) is 20.9. The molecule has 0 saturated carbocycles. The molecule has 0 saturated heterocycles. The van der Waals surface area contributed by atoms with Crippen molar-refractivity contribution >= 4 is 11.6 Å². The van der Waals surface area contributed by atoms with Crippen molar-refractivity contribution in [2.24, 2.45) is 0 Å². The summed E-state index contributed by atoms with van der Waals surface area (Å²) in [5.74, 6) is 1.62. The molecule has 1 atom stereocenters. The summed E-state index contributed by atoms with van der Waals surface area (Å²) in [5.41, 5.74) is 1.23. The number of nitrogens with zero attached hydrogens (tertiary/aromatic N) is 2.